The molecular formula is C14H14Cl2N2S. The van der Waals surface area contributed by atoms with Crippen LogP contribution in [0, 0.1) is 0 Å². The molecule has 1 aromatic heterocycles. The zero-order valence-electron chi connectivity index (χ0n) is 10.2. The first-order valence-corrected chi connectivity index (χ1v) is 7.79. The van der Waals surface area contributed by atoms with Crippen molar-refractivity contribution in [3.05, 3.63) is 55.2 Å². The highest BCUT2D eigenvalue weighted by Gasteiger charge is 2.20. The standard InChI is InChI=1S/C14H14Cl2N2S/c15-12-7-11(14(16)19-12)13(18-17)10-5-4-8-2-1-3-9(8)6-10/h4-7,13,18H,1-3,17H2. The topological polar surface area (TPSA) is 38.0 Å². The van der Waals surface area contributed by atoms with Crippen molar-refractivity contribution in [2.75, 3.05) is 0 Å². The van der Waals surface area contributed by atoms with E-state index in [0.717, 1.165) is 17.5 Å². The number of nitrogens with two attached hydrogens (primary N) is 1. The summed E-state index contributed by atoms with van der Waals surface area (Å²) >= 11 is 13.6. The van der Waals surface area contributed by atoms with E-state index in [1.165, 1.54) is 35.3 Å². The van der Waals surface area contributed by atoms with Crippen LogP contribution in [0.15, 0.2) is 24.3 Å². The molecule has 0 saturated heterocycles. The van der Waals surface area contributed by atoms with Crippen LogP contribution in [0.5, 0.6) is 0 Å². The van der Waals surface area contributed by atoms with Gasteiger partial charge in [-0.1, -0.05) is 41.4 Å². The van der Waals surface area contributed by atoms with Crippen molar-refractivity contribution in [1.82, 2.24) is 5.43 Å². The summed E-state index contributed by atoms with van der Waals surface area (Å²) in [6, 6.07) is 8.32. The number of hydrazine groups is 1. The maximum atomic E-state index is 6.22. The molecule has 1 unspecified atom stereocenters. The Morgan fingerprint density at radius 2 is 1.95 bits per heavy atom. The van der Waals surface area contributed by atoms with Crippen LogP contribution in [0.1, 0.15) is 34.7 Å². The summed E-state index contributed by atoms with van der Waals surface area (Å²) < 4.78 is 1.37. The van der Waals surface area contributed by atoms with E-state index in [2.05, 4.69) is 23.6 Å². The van der Waals surface area contributed by atoms with Crippen LogP contribution >= 0.6 is 34.5 Å². The van der Waals surface area contributed by atoms with Gasteiger partial charge in [0.15, 0.2) is 0 Å². The molecule has 0 spiro atoms. The third-order valence-corrected chi connectivity index (χ3v) is 5.13. The Labute approximate surface area is 126 Å². The Balaban J connectivity index is 2.00. The van der Waals surface area contributed by atoms with Crippen LogP contribution in [-0.4, -0.2) is 0 Å². The molecule has 100 valence electrons. The Kier molecular flexibility index (Phi) is 3.83. The molecule has 19 heavy (non-hydrogen) atoms. The van der Waals surface area contributed by atoms with Gasteiger partial charge in [-0.05, 0) is 42.0 Å². The fourth-order valence-corrected chi connectivity index (χ4v) is 4.22. The minimum Gasteiger partial charge on any atom is -0.271 e. The van der Waals surface area contributed by atoms with Crippen molar-refractivity contribution in [3.63, 3.8) is 0 Å². The summed E-state index contributed by atoms with van der Waals surface area (Å²) in [5, 5.41) is 0. The van der Waals surface area contributed by atoms with E-state index in [0.29, 0.717) is 8.67 Å². The maximum Gasteiger partial charge on any atom is 0.0995 e. The number of aryl methyl sites for hydroxylation is 2. The smallest absolute Gasteiger partial charge is 0.0995 e. The molecule has 0 amide bonds. The van der Waals surface area contributed by atoms with Crippen LogP contribution in [0.25, 0.3) is 0 Å². The number of nitrogens with one attached hydrogen (secondary N) is 1. The lowest BCUT2D eigenvalue weighted by Gasteiger charge is -2.17. The first-order valence-electron chi connectivity index (χ1n) is 6.21. The Morgan fingerprint density at radius 1 is 1.16 bits per heavy atom. The second-order valence-corrected chi connectivity index (χ2v) is 7.05. The number of halogens is 2. The van der Waals surface area contributed by atoms with E-state index in [9.17, 15) is 0 Å². The third kappa shape index (κ3) is 2.54. The van der Waals surface area contributed by atoms with Gasteiger partial charge in [0.2, 0.25) is 0 Å². The average molecular weight is 313 g/mol. The Morgan fingerprint density at radius 3 is 2.63 bits per heavy atom. The molecule has 2 aromatic rings. The van der Waals surface area contributed by atoms with Crippen molar-refractivity contribution in [1.29, 1.82) is 0 Å². The van der Waals surface area contributed by atoms with Gasteiger partial charge in [0, 0.05) is 5.56 Å². The normalized spacial score (nSPS) is 15.5. The molecule has 2 nitrogen and oxygen atoms in total. The number of fused-ring (bicyclic) bond motifs is 1. The summed E-state index contributed by atoms with van der Waals surface area (Å²) in [5.74, 6) is 5.71. The Bertz CT molecular complexity index is 609. The van der Waals surface area contributed by atoms with Gasteiger partial charge in [-0.15, -0.1) is 11.3 Å². The fourth-order valence-electron chi connectivity index (χ4n) is 2.69. The maximum absolute atomic E-state index is 6.22. The molecule has 1 aliphatic rings. The molecule has 3 N–H and O–H groups in total. The van der Waals surface area contributed by atoms with Gasteiger partial charge in [0.1, 0.15) is 0 Å². The fraction of sp³-hybridized carbons (Fsp3) is 0.286. The molecular weight excluding hydrogens is 299 g/mol. The number of hydrogen-bond donors (Lipinski definition) is 2. The lowest BCUT2D eigenvalue weighted by Crippen LogP contribution is -2.28. The Hall–Kier alpha value is -0.580. The van der Waals surface area contributed by atoms with Gasteiger partial charge in [-0.25, -0.2) is 5.43 Å². The minimum absolute atomic E-state index is 0.109. The van der Waals surface area contributed by atoms with Gasteiger partial charge < -0.3 is 0 Å². The summed E-state index contributed by atoms with van der Waals surface area (Å²) in [6.07, 6.45) is 3.57. The zero-order chi connectivity index (χ0) is 13.4. The molecule has 3 rings (SSSR count). The molecule has 0 aliphatic heterocycles. The second kappa shape index (κ2) is 5.43. The van der Waals surface area contributed by atoms with E-state index in [1.807, 2.05) is 6.07 Å². The van der Waals surface area contributed by atoms with Crippen LogP contribution in [0.4, 0.5) is 0 Å². The lowest BCUT2D eigenvalue weighted by atomic mass is 9.98. The quantitative estimate of drug-likeness (QED) is 0.661. The number of rotatable bonds is 3. The first-order chi connectivity index (χ1) is 9.19. The summed E-state index contributed by atoms with van der Waals surface area (Å²) in [6.45, 7) is 0. The number of benzene rings is 1. The van der Waals surface area contributed by atoms with Crippen LogP contribution in [-0.2, 0) is 12.8 Å². The van der Waals surface area contributed by atoms with Crippen molar-refractivity contribution >= 4 is 34.5 Å². The van der Waals surface area contributed by atoms with Crippen LogP contribution in [0.2, 0.25) is 8.67 Å². The monoisotopic (exact) mass is 312 g/mol. The molecule has 0 radical (unpaired) electrons. The van der Waals surface area contributed by atoms with E-state index < -0.39 is 0 Å². The number of thiophene rings is 1. The molecule has 0 fully saturated rings. The van der Waals surface area contributed by atoms with E-state index >= 15 is 0 Å². The lowest BCUT2D eigenvalue weighted by molar-refractivity contribution is 0.638. The zero-order valence-corrected chi connectivity index (χ0v) is 12.6. The van der Waals surface area contributed by atoms with E-state index in [1.54, 1.807) is 0 Å². The predicted molar refractivity (Wildman–Crippen MR) is 82.0 cm³/mol. The second-order valence-electron chi connectivity index (χ2n) is 4.76. The van der Waals surface area contributed by atoms with E-state index in [-0.39, 0.29) is 6.04 Å². The highest BCUT2D eigenvalue weighted by Crippen LogP contribution is 2.38. The van der Waals surface area contributed by atoms with Crippen LogP contribution < -0.4 is 11.3 Å². The van der Waals surface area contributed by atoms with Gasteiger partial charge in [0.25, 0.3) is 0 Å². The molecule has 1 aromatic carbocycles. The van der Waals surface area contributed by atoms with Gasteiger partial charge >= 0.3 is 0 Å². The molecule has 0 bridgehead atoms. The molecule has 1 aliphatic carbocycles. The highest BCUT2D eigenvalue weighted by atomic mass is 35.5. The van der Waals surface area contributed by atoms with Gasteiger partial charge in [-0.2, -0.15) is 0 Å². The summed E-state index contributed by atoms with van der Waals surface area (Å²) in [5.41, 5.74) is 7.80. The summed E-state index contributed by atoms with van der Waals surface area (Å²) in [4.78, 5) is 0. The number of hydrogen-bond acceptors (Lipinski definition) is 3. The van der Waals surface area contributed by atoms with Crippen molar-refractivity contribution in [2.24, 2.45) is 5.84 Å². The molecule has 0 saturated carbocycles. The van der Waals surface area contributed by atoms with Gasteiger partial charge in [0.05, 0.1) is 14.7 Å². The largest absolute Gasteiger partial charge is 0.271 e. The average Bonchev–Trinajstić information content (AvgIpc) is 2.97. The summed E-state index contributed by atoms with van der Waals surface area (Å²) in [7, 11) is 0. The van der Waals surface area contributed by atoms with Crippen LogP contribution in [0.3, 0.4) is 0 Å². The predicted octanol–water partition coefficient (Wildman–Crippen LogP) is 4.10. The molecule has 1 atom stereocenters. The minimum atomic E-state index is -0.109. The molecule has 5 heteroatoms. The highest BCUT2D eigenvalue weighted by molar-refractivity contribution is 7.20. The van der Waals surface area contributed by atoms with Crippen molar-refractivity contribution in [3.8, 4) is 0 Å². The van der Waals surface area contributed by atoms with Crippen molar-refractivity contribution in [2.45, 2.75) is 25.3 Å². The van der Waals surface area contributed by atoms with Gasteiger partial charge in [-0.3, -0.25) is 5.84 Å². The SMILES string of the molecule is NNC(c1ccc2c(c1)CCC2)c1cc(Cl)sc1Cl. The first kappa shape index (κ1) is 13.4. The van der Waals surface area contributed by atoms with E-state index in [4.69, 9.17) is 29.0 Å². The van der Waals surface area contributed by atoms with Crippen molar-refractivity contribution < 1.29 is 0 Å². The molecule has 1 heterocycles. The third-order valence-electron chi connectivity index (χ3n) is 3.62.